The van der Waals surface area contributed by atoms with Crippen LogP contribution in [0.15, 0.2) is 18.2 Å². The van der Waals surface area contributed by atoms with Gasteiger partial charge in [-0.25, -0.2) is 0 Å². The van der Waals surface area contributed by atoms with E-state index < -0.39 is 0 Å². The van der Waals surface area contributed by atoms with E-state index in [0.717, 1.165) is 23.7 Å². The molecule has 0 aliphatic heterocycles. The minimum atomic E-state index is 0.540. The average molecular weight is 312 g/mol. The number of benzene rings is 1. The topological polar surface area (TPSA) is 9.23 Å². The van der Waals surface area contributed by atoms with Crippen molar-refractivity contribution in [2.24, 2.45) is 17.8 Å². The van der Waals surface area contributed by atoms with Crippen molar-refractivity contribution in [1.82, 2.24) is 0 Å². The van der Waals surface area contributed by atoms with Crippen molar-refractivity contribution in [2.45, 2.75) is 76.7 Å². The Bertz CT molecular complexity index is 549. The summed E-state index contributed by atoms with van der Waals surface area (Å²) in [6.07, 6.45) is 12.8. The lowest BCUT2D eigenvalue weighted by molar-refractivity contribution is 0.0123. The zero-order valence-corrected chi connectivity index (χ0v) is 14.9. The van der Waals surface area contributed by atoms with Gasteiger partial charge in [-0.1, -0.05) is 25.1 Å². The fraction of sp³-hybridized carbons (Fsp3) is 0.727. The Morgan fingerprint density at radius 2 is 1.74 bits per heavy atom. The van der Waals surface area contributed by atoms with Gasteiger partial charge in [0.1, 0.15) is 0 Å². The number of methoxy groups -OCH3 is 1. The summed E-state index contributed by atoms with van der Waals surface area (Å²) < 4.78 is 5.62. The molecule has 0 heterocycles. The fourth-order valence-electron chi connectivity index (χ4n) is 5.57. The number of fused-ring (bicyclic) bond motifs is 2. The van der Waals surface area contributed by atoms with Crippen molar-refractivity contribution in [3.05, 3.63) is 34.9 Å². The molecule has 2 saturated carbocycles. The van der Waals surface area contributed by atoms with E-state index in [2.05, 4.69) is 25.1 Å². The second kappa shape index (κ2) is 6.59. The summed E-state index contributed by atoms with van der Waals surface area (Å²) in [6, 6.07) is 7.49. The number of rotatable bonds is 2. The van der Waals surface area contributed by atoms with Crippen LogP contribution in [0.5, 0.6) is 0 Å². The standard InChI is InChI=1S/C22H32O/c1-15-3-4-17-12-18(6-5-16(17)11-15)19-7-8-21-14-22(23-2)10-9-20(21)13-19/h5-6,12,15,19-22H,3-4,7-11,13-14H2,1-2H3. The molecule has 0 N–H and O–H groups in total. The lowest BCUT2D eigenvalue weighted by Gasteiger charge is -2.42. The third-order valence-corrected chi connectivity index (χ3v) is 7.07. The first-order valence-corrected chi connectivity index (χ1v) is 9.87. The monoisotopic (exact) mass is 312 g/mol. The van der Waals surface area contributed by atoms with Crippen LogP contribution in [0.3, 0.4) is 0 Å². The van der Waals surface area contributed by atoms with Crippen LogP contribution in [-0.2, 0) is 17.6 Å². The number of aryl methyl sites for hydroxylation is 1. The minimum Gasteiger partial charge on any atom is -0.381 e. The third kappa shape index (κ3) is 3.22. The highest BCUT2D eigenvalue weighted by Crippen LogP contribution is 2.47. The van der Waals surface area contributed by atoms with Gasteiger partial charge in [-0.15, -0.1) is 0 Å². The van der Waals surface area contributed by atoms with E-state index in [4.69, 9.17) is 4.74 Å². The SMILES string of the molecule is COC1CCC2CC(c3ccc4c(c3)CCC(C)C4)CCC2C1. The van der Waals surface area contributed by atoms with Gasteiger partial charge in [-0.05, 0) is 98.1 Å². The van der Waals surface area contributed by atoms with Gasteiger partial charge in [-0.3, -0.25) is 0 Å². The van der Waals surface area contributed by atoms with Gasteiger partial charge in [0.15, 0.2) is 0 Å². The average Bonchev–Trinajstić information content (AvgIpc) is 2.60. The normalized spacial score (nSPS) is 37.0. The van der Waals surface area contributed by atoms with Crippen molar-refractivity contribution in [2.75, 3.05) is 7.11 Å². The van der Waals surface area contributed by atoms with Crippen LogP contribution in [0, 0.1) is 17.8 Å². The molecule has 23 heavy (non-hydrogen) atoms. The molecule has 3 aliphatic carbocycles. The molecule has 0 spiro atoms. The summed E-state index contributed by atoms with van der Waals surface area (Å²) in [6.45, 7) is 2.40. The minimum absolute atomic E-state index is 0.540. The van der Waals surface area contributed by atoms with Crippen molar-refractivity contribution < 1.29 is 4.74 Å². The van der Waals surface area contributed by atoms with Crippen LogP contribution in [0.2, 0.25) is 0 Å². The molecular weight excluding hydrogens is 280 g/mol. The van der Waals surface area contributed by atoms with E-state index in [1.807, 2.05) is 7.11 Å². The van der Waals surface area contributed by atoms with Gasteiger partial charge in [0.2, 0.25) is 0 Å². The molecule has 0 bridgehead atoms. The third-order valence-electron chi connectivity index (χ3n) is 7.07. The Hall–Kier alpha value is -0.820. The molecule has 0 amide bonds. The molecular formula is C22H32O. The molecule has 0 radical (unpaired) electrons. The molecule has 1 heteroatoms. The molecule has 0 aromatic heterocycles. The highest BCUT2D eigenvalue weighted by atomic mass is 16.5. The Morgan fingerprint density at radius 1 is 0.913 bits per heavy atom. The Labute approximate surface area is 141 Å². The van der Waals surface area contributed by atoms with Gasteiger partial charge in [0, 0.05) is 7.11 Å². The van der Waals surface area contributed by atoms with E-state index in [1.165, 1.54) is 57.8 Å². The van der Waals surface area contributed by atoms with Crippen LogP contribution in [0.25, 0.3) is 0 Å². The quantitative estimate of drug-likeness (QED) is 0.699. The molecule has 3 aliphatic rings. The second-order valence-corrected chi connectivity index (χ2v) is 8.58. The van der Waals surface area contributed by atoms with Gasteiger partial charge in [-0.2, -0.15) is 0 Å². The Balaban J connectivity index is 1.46. The maximum Gasteiger partial charge on any atom is 0.0574 e. The summed E-state index contributed by atoms with van der Waals surface area (Å²) >= 11 is 0. The van der Waals surface area contributed by atoms with Gasteiger partial charge < -0.3 is 4.74 Å². The van der Waals surface area contributed by atoms with E-state index in [-0.39, 0.29) is 0 Å². The highest BCUT2D eigenvalue weighted by Gasteiger charge is 2.36. The van der Waals surface area contributed by atoms with E-state index in [0.29, 0.717) is 6.10 Å². The van der Waals surface area contributed by atoms with Crippen molar-refractivity contribution in [3.63, 3.8) is 0 Å². The van der Waals surface area contributed by atoms with Crippen molar-refractivity contribution >= 4 is 0 Å². The van der Waals surface area contributed by atoms with Gasteiger partial charge >= 0.3 is 0 Å². The predicted octanol–water partition coefficient (Wildman–Crippen LogP) is 5.51. The summed E-state index contributed by atoms with van der Waals surface area (Å²) in [5, 5.41) is 0. The summed E-state index contributed by atoms with van der Waals surface area (Å²) in [4.78, 5) is 0. The lowest BCUT2D eigenvalue weighted by atomic mass is 9.65. The molecule has 126 valence electrons. The Kier molecular flexibility index (Phi) is 4.50. The molecule has 0 saturated heterocycles. The van der Waals surface area contributed by atoms with Crippen LogP contribution in [0.1, 0.15) is 74.5 Å². The second-order valence-electron chi connectivity index (χ2n) is 8.58. The maximum atomic E-state index is 5.62. The molecule has 5 unspecified atom stereocenters. The predicted molar refractivity (Wildman–Crippen MR) is 95.9 cm³/mol. The largest absolute Gasteiger partial charge is 0.381 e. The number of ether oxygens (including phenoxy) is 1. The van der Waals surface area contributed by atoms with Crippen LogP contribution in [0.4, 0.5) is 0 Å². The summed E-state index contributed by atoms with van der Waals surface area (Å²) in [7, 11) is 1.89. The molecule has 1 aromatic carbocycles. The maximum absolute atomic E-state index is 5.62. The lowest BCUT2D eigenvalue weighted by Crippen LogP contribution is -2.33. The highest BCUT2D eigenvalue weighted by molar-refractivity contribution is 5.36. The van der Waals surface area contributed by atoms with E-state index >= 15 is 0 Å². The fourth-order valence-corrected chi connectivity index (χ4v) is 5.57. The van der Waals surface area contributed by atoms with Crippen molar-refractivity contribution in [3.8, 4) is 0 Å². The Morgan fingerprint density at radius 3 is 2.61 bits per heavy atom. The summed E-state index contributed by atoms with van der Waals surface area (Å²) in [5.41, 5.74) is 4.93. The van der Waals surface area contributed by atoms with E-state index in [1.54, 1.807) is 16.7 Å². The molecule has 1 nitrogen and oxygen atoms in total. The van der Waals surface area contributed by atoms with Gasteiger partial charge in [0.05, 0.1) is 6.10 Å². The van der Waals surface area contributed by atoms with Crippen molar-refractivity contribution in [1.29, 1.82) is 0 Å². The van der Waals surface area contributed by atoms with Gasteiger partial charge in [0.25, 0.3) is 0 Å². The molecule has 4 rings (SSSR count). The molecule has 2 fully saturated rings. The first-order valence-electron chi connectivity index (χ1n) is 9.87. The van der Waals surface area contributed by atoms with E-state index in [9.17, 15) is 0 Å². The number of hydrogen-bond acceptors (Lipinski definition) is 1. The number of hydrogen-bond donors (Lipinski definition) is 0. The first-order chi connectivity index (χ1) is 11.2. The summed E-state index contributed by atoms with van der Waals surface area (Å²) in [5.74, 6) is 3.58. The van der Waals surface area contributed by atoms with Crippen LogP contribution >= 0.6 is 0 Å². The first kappa shape index (κ1) is 15.7. The smallest absolute Gasteiger partial charge is 0.0574 e. The zero-order chi connectivity index (χ0) is 15.8. The molecule has 1 aromatic rings. The molecule has 5 atom stereocenters. The zero-order valence-electron chi connectivity index (χ0n) is 14.9. The van der Waals surface area contributed by atoms with Crippen LogP contribution < -0.4 is 0 Å². The van der Waals surface area contributed by atoms with Crippen LogP contribution in [-0.4, -0.2) is 13.2 Å².